The Morgan fingerprint density at radius 1 is 1.32 bits per heavy atom. The highest BCUT2D eigenvalue weighted by Crippen LogP contribution is 2.42. The monoisotopic (exact) mass is 268 g/mol. The molecule has 1 spiro atoms. The van der Waals surface area contributed by atoms with Crippen LogP contribution in [0.2, 0.25) is 0 Å². The maximum atomic E-state index is 5.98. The van der Waals surface area contributed by atoms with E-state index in [9.17, 15) is 0 Å². The van der Waals surface area contributed by atoms with E-state index in [1.165, 1.54) is 25.7 Å². The van der Waals surface area contributed by atoms with Crippen molar-refractivity contribution >= 4 is 0 Å². The highest BCUT2D eigenvalue weighted by atomic mass is 16.5. The number of hydrogen-bond donors (Lipinski definition) is 1. The molecule has 0 aromatic carbocycles. The molecule has 4 nitrogen and oxygen atoms in total. The first-order chi connectivity index (χ1) is 9.30. The quantitative estimate of drug-likeness (QED) is 0.835. The summed E-state index contributed by atoms with van der Waals surface area (Å²) in [7, 11) is 0. The normalized spacial score (nSPS) is 35.2. The fraction of sp³-hybridized carbons (Fsp3) is 1.00. The summed E-state index contributed by atoms with van der Waals surface area (Å²) in [6.45, 7) is 8.36. The van der Waals surface area contributed by atoms with Crippen LogP contribution in [0.5, 0.6) is 0 Å². The largest absolute Gasteiger partial charge is 0.375 e. The number of nitrogens with zero attached hydrogens (tertiary/aromatic N) is 1. The van der Waals surface area contributed by atoms with Gasteiger partial charge in [0.15, 0.2) is 0 Å². The van der Waals surface area contributed by atoms with E-state index in [0.29, 0.717) is 12.1 Å². The highest BCUT2D eigenvalue weighted by molar-refractivity contribution is 4.96. The smallest absolute Gasteiger partial charge is 0.0826 e. The summed E-state index contributed by atoms with van der Waals surface area (Å²) in [5.74, 6) is 0. The lowest BCUT2D eigenvalue weighted by atomic mass is 9.74. The SMILES string of the molecule is CCN1CCOC(CNC2CCOC3(CCC3)C2)C1. The number of ether oxygens (including phenoxy) is 2. The van der Waals surface area contributed by atoms with Crippen molar-refractivity contribution in [3.05, 3.63) is 0 Å². The van der Waals surface area contributed by atoms with Gasteiger partial charge in [0.25, 0.3) is 0 Å². The van der Waals surface area contributed by atoms with E-state index >= 15 is 0 Å². The summed E-state index contributed by atoms with van der Waals surface area (Å²) >= 11 is 0. The molecule has 1 N–H and O–H groups in total. The summed E-state index contributed by atoms with van der Waals surface area (Å²) in [4.78, 5) is 2.48. The molecule has 2 heterocycles. The Balaban J connectivity index is 1.41. The molecule has 3 rings (SSSR count). The molecule has 110 valence electrons. The third-order valence-electron chi connectivity index (χ3n) is 5.06. The Labute approximate surface area is 116 Å². The highest BCUT2D eigenvalue weighted by Gasteiger charge is 2.42. The lowest BCUT2D eigenvalue weighted by Gasteiger charge is -2.47. The molecule has 3 fully saturated rings. The van der Waals surface area contributed by atoms with E-state index in [1.54, 1.807) is 0 Å². The number of nitrogens with one attached hydrogen (secondary N) is 1. The van der Waals surface area contributed by atoms with E-state index in [1.807, 2.05) is 0 Å². The second kappa shape index (κ2) is 6.08. The first kappa shape index (κ1) is 13.8. The molecular formula is C15H28N2O2. The van der Waals surface area contributed by atoms with Crippen LogP contribution in [0.3, 0.4) is 0 Å². The van der Waals surface area contributed by atoms with Crippen molar-refractivity contribution in [1.82, 2.24) is 10.2 Å². The minimum absolute atomic E-state index is 0.249. The van der Waals surface area contributed by atoms with Crippen LogP contribution in [0, 0.1) is 0 Å². The van der Waals surface area contributed by atoms with Crippen LogP contribution >= 0.6 is 0 Å². The first-order valence-electron chi connectivity index (χ1n) is 8.01. The Hall–Kier alpha value is -0.160. The average Bonchev–Trinajstić information content (AvgIpc) is 2.44. The molecule has 0 aromatic rings. The molecule has 1 saturated carbocycles. The van der Waals surface area contributed by atoms with Crippen LogP contribution in [-0.2, 0) is 9.47 Å². The van der Waals surface area contributed by atoms with Crippen molar-refractivity contribution in [1.29, 1.82) is 0 Å². The van der Waals surface area contributed by atoms with Crippen molar-refractivity contribution in [2.24, 2.45) is 0 Å². The number of hydrogen-bond acceptors (Lipinski definition) is 4. The van der Waals surface area contributed by atoms with E-state index in [-0.39, 0.29) is 5.60 Å². The minimum Gasteiger partial charge on any atom is -0.375 e. The molecule has 19 heavy (non-hydrogen) atoms. The van der Waals surface area contributed by atoms with Gasteiger partial charge in [0.1, 0.15) is 0 Å². The van der Waals surface area contributed by atoms with Gasteiger partial charge in [-0.2, -0.15) is 0 Å². The van der Waals surface area contributed by atoms with E-state index in [2.05, 4.69) is 17.1 Å². The molecule has 1 aliphatic carbocycles. The Kier molecular flexibility index (Phi) is 4.42. The topological polar surface area (TPSA) is 33.7 Å². The van der Waals surface area contributed by atoms with Gasteiger partial charge in [0.2, 0.25) is 0 Å². The predicted molar refractivity (Wildman–Crippen MR) is 75.4 cm³/mol. The zero-order valence-electron chi connectivity index (χ0n) is 12.2. The van der Waals surface area contributed by atoms with Gasteiger partial charge in [-0.15, -0.1) is 0 Å². The van der Waals surface area contributed by atoms with Crippen LogP contribution in [0.25, 0.3) is 0 Å². The molecule has 2 unspecified atom stereocenters. The summed E-state index contributed by atoms with van der Waals surface area (Å²) in [5, 5.41) is 3.73. The van der Waals surface area contributed by atoms with Gasteiger partial charge in [0.05, 0.1) is 18.3 Å². The summed E-state index contributed by atoms with van der Waals surface area (Å²) in [6.07, 6.45) is 6.63. The van der Waals surface area contributed by atoms with Crippen molar-refractivity contribution in [2.75, 3.05) is 39.4 Å². The molecule has 0 bridgehead atoms. The zero-order chi connectivity index (χ0) is 13.1. The summed E-state index contributed by atoms with van der Waals surface area (Å²) < 4.78 is 11.8. The maximum Gasteiger partial charge on any atom is 0.0826 e. The average molecular weight is 268 g/mol. The van der Waals surface area contributed by atoms with Gasteiger partial charge < -0.3 is 14.8 Å². The zero-order valence-corrected chi connectivity index (χ0v) is 12.2. The number of morpholine rings is 1. The Morgan fingerprint density at radius 2 is 2.21 bits per heavy atom. The fourth-order valence-corrected chi connectivity index (χ4v) is 3.61. The third-order valence-corrected chi connectivity index (χ3v) is 5.06. The maximum absolute atomic E-state index is 5.98. The van der Waals surface area contributed by atoms with Crippen molar-refractivity contribution in [3.63, 3.8) is 0 Å². The fourth-order valence-electron chi connectivity index (χ4n) is 3.61. The molecule has 0 aromatic heterocycles. The lowest BCUT2D eigenvalue weighted by molar-refractivity contribution is -0.136. The van der Waals surface area contributed by atoms with E-state index in [0.717, 1.165) is 45.8 Å². The standard InChI is InChI=1S/C15H28N2O2/c1-2-17-7-9-18-14(12-17)11-16-13-4-8-19-15(10-13)5-3-6-15/h13-14,16H,2-12H2,1H3. The minimum atomic E-state index is 0.249. The van der Waals surface area contributed by atoms with Gasteiger partial charge in [-0.1, -0.05) is 6.92 Å². The number of rotatable bonds is 4. The van der Waals surface area contributed by atoms with E-state index < -0.39 is 0 Å². The first-order valence-corrected chi connectivity index (χ1v) is 8.01. The van der Waals surface area contributed by atoms with Crippen LogP contribution < -0.4 is 5.32 Å². The summed E-state index contributed by atoms with van der Waals surface area (Å²) in [5.41, 5.74) is 0.249. The van der Waals surface area contributed by atoms with Gasteiger partial charge >= 0.3 is 0 Å². The van der Waals surface area contributed by atoms with Crippen molar-refractivity contribution in [3.8, 4) is 0 Å². The van der Waals surface area contributed by atoms with Crippen LogP contribution in [0.1, 0.15) is 39.0 Å². The van der Waals surface area contributed by atoms with Gasteiger partial charge in [-0.3, -0.25) is 4.90 Å². The van der Waals surface area contributed by atoms with Crippen molar-refractivity contribution in [2.45, 2.75) is 56.8 Å². The van der Waals surface area contributed by atoms with Crippen molar-refractivity contribution < 1.29 is 9.47 Å². The summed E-state index contributed by atoms with van der Waals surface area (Å²) in [6, 6.07) is 0.634. The van der Waals surface area contributed by atoms with Gasteiger partial charge in [-0.05, 0) is 38.6 Å². The second-order valence-corrected chi connectivity index (χ2v) is 6.37. The number of likely N-dealkylation sites (N-methyl/N-ethyl adjacent to an activating group) is 1. The predicted octanol–water partition coefficient (Wildman–Crippen LogP) is 1.40. The molecule has 4 heteroatoms. The molecule has 3 aliphatic rings. The molecular weight excluding hydrogens is 240 g/mol. The third kappa shape index (κ3) is 3.30. The van der Waals surface area contributed by atoms with Gasteiger partial charge in [-0.25, -0.2) is 0 Å². The Bertz CT molecular complexity index is 294. The van der Waals surface area contributed by atoms with Gasteiger partial charge in [0, 0.05) is 32.3 Å². The Morgan fingerprint density at radius 3 is 2.95 bits per heavy atom. The molecule has 0 amide bonds. The molecule has 2 aliphatic heterocycles. The van der Waals surface area contributed by atoms with Crippen LogP contribution in [-0.4, -0.2) is 62.0 Å². The lowest BCUT2D eigenvalue weighted by Crippen LogP contribution is -2.53. The molecule has 2 saturated heterocycles. The van der Waals surface area contributed by atoms with E-state index in [4.69, 9.17) is 9.47 Å². The van der Waals surface area contributed by atoms with Crippen LogP contribution in [0.15, 0.2) is 0 Å². The molecule has 0 radical (unpaired) electrons. The molecule has 2 atom stereocenters. The second-order valence-electron chi connectivity index (χ2n) is 6.37. The van der Waals surface area contributed by atoms with Crippen LogP contribution in [0.4, 0.5) is 0 Å².